The fraction of sp³-hybridized carbons (Fsp3) is 0.200. The molecule has 0 aliphatic carbocycles. The summed E-state index contributed by atoms with van der Waals surface area (Å²) in [4.78, 5) is 15.3. The monoisotopic (exact) mass is 209 g/mol. The molecule has 0 fully saturated rings. The van der Waals surface area contributed by atoms with Crippen LogP contribution in [-0.2, 0) is 0 Å². The number of hydrogen-bond acceptors (Lipinski definition) is 3. The second kappa shape index (κ2) is 3.10. The van der Waals surface area contributed by atoms with Gasteiger partial charge < -0.3 is 4.42 Å². The van der Waals surface area contributed by atoms with Crippen molar-refractivity contribution in [1.82, 2.24) is 4.98 Å². The van der Waals surface area contributed by atoms with Crippen molar-refractivity contribution in [2.75, 3.05) is 0 Å². The van der Waals surface area contributed by atoms with E-state index in [4.69, 9.17) is 16.0 Å². The van der Waals surface area contributed by atoms with Crippen LogP contribution in [0.5, 0.6) is 0 Å². The summed E-state index contributed by atoms with van der Waals surface area (Å²) < 4.78 is 5.29. The van der Waals surface area contributed by atoms with Crippen molar-refractivity contribution in [3.8, 4) is 0 Å². The zero-order valence-electron chi connectivity index (χ0n) is 7.80. The Labute approximate surface area is 85.7 Å². The molecule has 0 aliphatic rings. The van der Waals surface area contributed by atoms with Gasteiger partial charge in [-0.25, -0.2) is 4.98 Å². The first-order valence-electron chi connectivity index (χ1n) is 4.15. The zero-order valence-corrected chi connectivity index (χ0v) is 8.55. The molecule has 0 atom stereocenters. The number of Topliss-reactive ketones (excluding diaryl/α,β-unsaturated/α-hetero) is 1. The van der Waals surface area contributed by atoms with Crippen LogP contribution >= 0.6 is 11.6 Å². The number of fused-ring (bicyclic) bond motifs is 1. The van der Waals surface area contributed by atoms with Crippen LogP contribution in [0.15, 0.2) is 16.5 Å². The maximum Gasteiger partial charge on any atom is 0.192 e. The Kier molecular flexibility index (Phi) is 2.04. The van der Waals surface area contributed by atoms with Gasteiger partial charge in [0.25, 0.3) is 0 Å². The number of carbonyl (C=O) groups is 1. The van der Waals surface area contributed by atoms with E-state index >= 15 is 0 Å². The standard InChI is InChI=1S/C10H8ClNO2/c1-5(13)7-3-10-9(4-8(7)11)12-6(2)14-10/h3-4H,1-2H3. The normalized spacial score (nSPS) is 10.8. The van der Waals surface area contributed by atoms with E-state index in [0.29, 0.717) is 27.6 Å². The topological polar surface area (TPSA) is 43.1 Å². The molecule has 1 aromatic carbocycles. The van der Waals surface area contributed by atoms with E-state index in [0.717, 1.165) is 0 Å². The highest BCUT2D eigenvalue weighted by molar-refractivity contribution is 6.34. The van der Waals surface area contributed by atoms with Crippen LogP contribution in [0.4, 0.5) is 0 Å². The van der Waals surface area contributed by atoms with E-state index < -0.39 is 0 Å². The van der Waals surface area contributed by atoms with E-state index in [9.17, 15) is 4.79 Å². The van der Waals surface area contributed by atoms with Crippen LogP contribution in [0, 0.1) is 6.92 Å². The Morgan fingerprint density at radius 3 is 2.86 bits per heavy atom. The van der Waals surface area contributed by atoms with E-state index in [2.05, 4.69) is 4.98 Å². The van der Waals surface area contributed by atoms with Gasteiger partial charge in [0, 0.05) is 12.5 Å². The maximum atomic E-state index is 11.2. The minimum Gasteiger partial charge on any atom is -0.441 e. The molecule has 0 saturated heterocycles. The summed E-state index contributed by atoms with van der Waals surface area (Å²) >= 11 is 5.90. The molecule has 4 heteroatoms. The largest absolute Gasteiger partial charge is 0.441 e. The van der Waals surface area contributed by atoms with Gasteiger partial charge in [-0.2, -0.15) is 0 Å². The first kappa shape index (κ1) is 9.21. The summed E-state index contributed by atoms with van der Waals surface area (Å²) in [5, 5.41) is 0.415. The third kappa shape index (κ3) is 1.40. The molecule has 0 amide bonds. The molecule has 1 heterocycles. The van der Waals surface area contributed by atoms with Gasteiger partial charge in [0.15, 0.2) is 17.3 Å². The lowest BCUT2D eigenvalue weighted by Gasteiger charge is -1.97. The van der Waals surface area contributed by atoms with Gasteiger partial charge in [-0.3, -0.25) is 4.79 Å². The van der Waals surface area contributed by atoms with Gasteiger partial charge in [0.2, 0.25) is 0 Å². The molecule has 0 spiro atoms. The third-order valence-corrected chi connectivity index (χ3v) is 2.28. The molecule has 0 N–H and O–H groups in total. The molecular weight excluding hydrogens is 202 g/mol. The van der Waals surface area contributed by atoms with Crippen molar-refractivity contribution in [2.24, 2.45) is 0 Å². The summed E-state index contributed by atoms with van der Waals surface area (Å²) in [5.74, 6) is 0.489. The Balaban J connectivity index is 2.76. The minimum absolute atomic E-state index is 0.0778. The van der Waals surface area contributed by atoms with Crippen molar-refractivity contribution >= 4 is 28.5 Å². The highest BCUT2D eigenvalue weighted by atomic mass is 35.5. The number of carbonyl (C=O) groups excluding carboxylic acids is 1. The molecule has 0 saturated carbocycles. The van der Waals surface area contributed by atoms with Gasteiger partial charge in [-0.15, -0.1) is 0 Å². The fourth-order valence-electron chi connectivity index (χ4n) is 1.33. The number of oxazole rings is 1. The van der Waals surface area contributed by atoms with Crippen LogP contribution < -0.4 is 0 Å². The number of aryl methyl sites for hydroxylation is 1. The van der Waals surface area contributed by atoms with Gasteiger partial charge in [0.05, 0.1) is 5.02 Å². The number of aromatic nitrogens is 1. The van der Waals surface area contributed by atoms with Gasteiger partial charge in [-0.05, 0) is 19.1 Å². The van der Waals surface area contributed by atoms with Crippen LogP contribution in [0.1, 0.15) is 23.2 Å². The summed E-state index contributed by atoms with van der Waals surface area (Å²) in [6, 6.07) is 3.27. The first-order chi connectivity index (χ1) is 6.58. The predicted molar refractivity (Wildman–Crippen MR) is 53.8 cm³/mol. The SMILES string of the molecule is CC(=O)c1cc2oc(C)nc2cc1Cl. The van der Waals surface area contributed by atoms with Crippen molar-refractivity contribution in [3.63, 3.8) is 0 Å². The smallest absolute Gasteiger partial charge is 0.192 e. The summed E-state index contributed by atoms with van der Waals surface area (Å²) in [6.45, 7) is 3.22. The number of nitrogens with zero attached hydrogens (tertiary/aromatic N) is 1. The highest BCUT2D eigenvalue weighted by Crippen LogP contribution is 2.24. The summed E-state index contributed by atoms with van der Waals surface area (Å²) in [6.07, 6.45) is 0. The first-order valence-corrected chi connectivity index (χ1v) is 4.53. The summed E-state index contributed by atoms with van der Waals surface area (Å²) in [5.41, 5.74) is 1.74. The quantitative estimate of drug-likeness (QED) is 0.678. The lowest BCUT2D eigenvalue weighted by molar-refractivity contribution is 0.101. The van der Waals surface area contributed by atoms with Gasteiger partial charge >= 0.3 is 0 Å². The minimum atomic E-state index is -0.0778. The molecule has 3 nitrogen and oxygen atoms in total. The lowest BCUT2D eigenvalue weighted by atomic mass is 10.1. The maximum absolute atomic E-state index is 11.2. The molecule has 0 bridgehead atoms. The van der Waals surface area contributed by atoms with E-state index in [1.54, 1.807) is 19.1 Å². The number of hydrogen-bond donors (Lipinski definition) is 0. The number of rotatable bonds is 1. The zero-order chi connectivity index (χ0) is 10.3. The van der Waals surface area contributed by atoms with Crippen LogP contribution in [0.25, 0.3) is 11.1 Å². The average molecular weight is 210 g/mol. The molecule has 72 valence electrons. The molecule has 0 aliphatic heterocycles. The predicted octanol–water partition coefficient (Wildman–Crippen LogP) is 2.99. The average Bonchev–Trinajstić information content (AvgIpc) is 2.42. The molecule has 2 rings (SSSR count). The van der Waals surface area contributed by atoms with Crippen molar-refractivity contribution in [3.05, 3.63) is 28.6 Å². The molecule has 1 aromatic heterocycles. The number of ketones is 1. The lowest BCUT2D eigenvalue weighted by Crippen LogP contribution is -1.92. The number of benzene rings is 1. The Morgan fingerprint density at radius 1 is 1.50 bits per heavy atom. The van der Waals surface area contributed by atoms with Gasteiger partial charge in [0.1, 0.15) is 5.52 Å². The van der Waals surface area contributed by atoms with E-state index in [1.165, 1.54) is 6.92 Å². The Morgan fingerprint density at radius 2 is 2.21 bits per heavy atom. The van der Waals surface area contributed by atoms with Crippen LogP contribution in [-0.4, -0.2) is 10.8 Å². The fourth-order valence-corrected chi connectivity index (χ4v) is 1.62. The van der Waals surface area contributed by atoms with Crippen molar-refractivity contribution in [1.29, 1.82) is 0 Å². The Hall–Kier alpha value is -1.35. The third-order valence-electron chi connectivity index (χ3n) is 1.96. The van der Waals surface area contributed by atoms with Crippen LogP contribution in [0.2, 0.25) is 5.02 Å². The van der Waals surface area contributed by atoms with Gasteiger partial charge in [-0.1, -0.05) is 11.6 Å². The van der Waals surface area contributed by atoms with E-state index in [-0.39, 0.29) is 5.78 Å². The molecule has 0 unspecified atom stereocenters. The molecular formula is C10H8ClNO2. The van der Waals surface area contributed by atoms with E-state index in [1.807, 2.05) is 0 Å². The molecule has 2 aromatic rings. The van der Waals surface area contributed by atoms with Crippen molar-refractivity contribution < 1.29 is 9.21 Å². The highest BCUT2D eigenvalue weighted by Gasteiger charge is 2.10. The molecule has 0 radical (unpaired) electrons. The Bertz CT molecular complexity index is 516. The van der Waals surface area contributed by atoms with Crippen molar-refractivity contribution in [2.45, 2.75) is 13.8 Å². The molecule has 14 heavy (non-hydrogen) atoms. The number of halogens is 1. The second-order valence-electron chi connectivity index (χ2n) is 3.09. The second-order valence-corrected chi connectivity index (χ2v) is 3.50. The summed E-state index contributed by atoms with van der Waals surface area (Å²) in [7, 11) is 0. The van der Waals surface area contributed by atoms with Crippen LogP contribution in [0.3, 0.4) is 0 Å².